The number of nitrogens with zero attached hydrogens (tertiary/aromatic N) is 1. The smallest absolute Gasteiger partial charge is 0.194 e. The molecule has 0 spiro atoms. The molecule has 0 amide bonds. The molecular formula is C15H12BrNO. The summed E-state index contributed by atoms with van der Waals surface area (Å²) in [5, 5.41) is 0. The minimum absolute atomic E-state index is 0.121. The molecule has 2 aromatic rings. The number of ketones is 1. The SMILES string of the molecule is CN(C)c1cc2c(cc1Br)-c1ccccc1C2=O. The fourth-order valence-corrected chi connectivity index (χ4v) is 3.07. The van der Waals surface area contributed by atoms with E-state index in [1.807, 2.05) is 55.4 Å². The summed E-state index contributed by atoms with van der Waals surface area (Å²) < 4.78 is 1.01. The van der Waals surface area contributed by atoms with Gasteiger partial charge in [0.25, 0.3) is 0 Å². The maximum Gasteiger partial charge on any atom is 0.194 e. The molecule has 3 rings (SSSR count). The number of carbonyl (C=O) groups excluding carboxylic acids is 1. The molecule has 2 aromatic carbocycles. The van der Waals surface area contributed by atoms with Crippen LogP contribution in [0.4, 0.5) is 5.69 Å². The topological polar surface area (TPSA) is 20.3 Å². The Bertz CT molecular complexity index is 662. The second-order valence-electron chi connectivity index (χ2n) is 4.62. The molecular weight excluding hydrogens is 290 g/mol. The van der Waals surface area contributed by atoms with Gasteiger partial charge in [-0.3, -0.25) is 4.79 Å². The minimum atomic E-state index is 0.121. The van der Waals surface area contributed by atoms with Crippen molar-refractivity contribution in [1.82, 2.24) is 0 Å². The molecule has 1 aliphatic rings. The lowest BCUT2D eigenvalue weighted by Gasteiger charge is -2.16. The first-order valence-electron chi connectivity index (χ1n) is 5.74. The highest BCUT2D eigenvalue weighted by Gasteiger charge is 2.27. The Kier molecular flexibility index (Phi) is 2.52. The Hall–Kier alpha value is -1.61. The Morgan fingerprint density at radius 1 is 0.944 bits per heavy atom. The van der Waals surface area contributed by atoms with Crippen LogP contribution in [-0.4, -0.2) is 19.9 Å². The third kappa shape index (κ3) is 1.51. The molecule has 0 aliphatic heterocycles. The highest BCUT2D eigenvalue weighted by Crippen LogP contribution is 2.41. The van der Waals surface area contributed by atoms with Gasteiger partial charge < -0.3 is 4.90 Å². The molecule has 0 saturated heterocycles. The van der Waals surface area contributed by atoms with Crippen LogP contribution in [0.25, 0.3) is 11.1 Å². The van der Waals surface area contributed by atoms with Crippen molar-refractivity contribution in [3.05, 3.63) is 52.0 Å². The molecule has 0 radical (unpaired) electrons. The van der Waals surface area contributed by atoms with E-state index in [0.717, 1.165) is 32.4 Å². The monoisotopic (exact) mass is 301 g/mol. The van der Waals surface area contributed by atoms with Gasteiger partial charge >= 0.3 is 0 Å². The summed E-state index contributed by atoms with van der Waals surface area (Å²) in [5.74, 6) is 0.121. The van der Waals surface area contributed by atoms with Crippen molar-refractivity contribution in [3.8, 4) is 11.1 Å². The van der Waals surface area contributed by atoms with Gasteiger partial charge in [-0.2, -0.15) is 0 Å². The molecule has 0 N–H and O–H groups in total. The average Bonchev–Trinajstić information content (AvgIpc) is 2.62. The van der Waals surface area contributed by atoms with Crippen molar-refractivity contribution >= 4 is 27.4 Å². The maximum absolute atomic E-state index is 12.3. The molecule has 2 nitrogen and oxygen atoms in total. The van der Waals surface area contributed by atoms with Crippen LogP contribution in [0.1, 0.15) is 15.9 Å². The molecule has 3 heteroatoms. The predicted octanol–water partition coefficient (Wildman–Crippen LogP) is 3.73. The second-order valence-corrected chi connectivity index (χ2v) is 5.47. The number of carbonyl (C=O) groups is 1. The molecule has 0 aromatic heterocycles. The molecule has 1 aliphatic carbocycles. The molecule has 0 unspecified atom stereocenters. The average molecular weight is 302 g/mol. The molecule has 0 heterocycles. The van der Waals surface area contributed by atoms with Crippen molar-refractivity contribution in [1.29, 1.82) is 0 Å². The molecule has 0 atom stereocenters. The van der Waals surface area contributed by atoms with Gasteiger partial charge in [0.2, 0.25) is 0 Å². The summed E-state index contributed by atoms with van der Waals surface area (Å²) in [6, 6.07) is 11.8. The van der Waals surface area contributed by atoms with Gasteiger partial charge in [0.15, 0.2) is 5.78 Å². The number of fused-ring (bicyclic) bond motifs is 3. The summed E-state index contributed by atoms with van der Waals surface area (Å²) in [6.07, 6.45) is 0. The lowest BCUT2D eigenvalue weighted by atomic mass is 10.1. The van der Waals surface area contributed by atoms with E-state index in [0.29, 0.717) is 0 Å². The van der Waals surface area contributed by atoms with E-state index in [-0.39, 0.29) is 5.78 Å². The number of hydrogen-bond donors (Lipinski definition) is 0. The van der Waals surface area contributed by atoms with Gasteiger partial charge in [0, 0.05) is 29.7 Å². The Morgan fingerprint density at radius 2 is 1.61 bits per heavy atom. The van der Waals surface area contributed by atoms with Gasteiger partial charge in [-0.05, 0) is 39.2 Å². The predicted molar refractivity (Wildman–Crippen MR) is 77.3 cm³/mol. The van der Waals surface area contributed by atoms with Crippen molar-refractivity contribution in [2.24, 2.45) is 0 Å². The Balaban J connectivity index is 2.29. The van der Waals surface area contributed by atoms with E-state index < -0.39 is 0 Å². The summed E-state index contributed by atoms with van der Waals surface area (Å²) >= 11 is 3.57. The zero-order chi connectivity index (χ0) is 12.9. The Morgan fingerprint density at radius 3 is 2.28 bits per heavy atom. The van der Waals surface area contributed by atoms with Crippen LogP contribution in [0.3, 0.4) is 0 Å². The van der Waals surface area contributed by atoms with Gasteiger partial charge in [0.1, 0.15) is 0 Å². The second kappa shape index (κ2) is 3.95. The van der Waals surface area contributed by atoms with Crippen molar-refractivity contribution in [2.45, 2.75) is 0 Å². The maximum atomic E-state index is 12.3. The largest absolute Gasteiger partial charge is 0.377 e. The van der Waals surface area contributed by atoms with Crippen LogP contribution < -0.4 is 4.90 Å². The quantitative estimate of drug-likeness (QED) is 0.683. The van der Waals surface area contributed by atoms with Gasteiger partial charge in [-0.25, -0.2) is 0 Å². The Labute approximate surface area is 114 Å². The van der Waals surface area contributed by atoms with Gasteiger partial charge in [0.05, 0.1) is 5.69 Å². The van der Waals surface area contributed by atoms with Crippen LogP contribution >= 0.6 is 15.9 Å². The fourth-order valence-electron chi connectivity index (χ4n) is 2.38. The lowest BCUT2D eigenvalue weighted by molar-refractivity contribution is 0.104. The normalized spacial score (nSPS) is 12.3. The highest BCUT2D eigenvalue weighted by molar-refractivity contribution is 9.10. The summed E-state index contributed by atoms with van der Waals surface area (Å²) in [6.45, 7) is 0. The van der Waals surface area contributed by atoms with E-state index in [1.165, 1.54) is 0 Å². The zero-order valence-electron chi connectivity index (χ0n) is 10.2. The number of benzene rings is 2. The fraction of sp³-hybridized carbons (Fsp3) is 0.133. The molecule has 18 heavy (non-hydrogen) atoms. The number of hydrogen-bond acceptors (Lipinski definition) is 2. The van der Waals surface area contributed by atoms with Crippen molar-refractivity contribution < 1.29 is 4.79 Å². The van der Waals surface area contributed by atoms with Crippen molar-refractivity contribution in [2.75, 3.05) is 19.0 Å². The molecule has 0 saturated carbocycles. The minimum Gasteiger partial charge on any atom is -0.377 e. The molecule has 0 fully saturated rings. The number of rotatable bonds is 1. The van der Waals surface area contributed by atoms with Crippen LogP contribution in [0, 0.1) is 0 Å². The molecule has 90 valence electrons. The number of anilines is 1. The zero-order valence-corrected chi connectivity index (χ0v) is 11.8. The van der Waals surface area contributed by atoms with E-state index in [1.54, 1.807) is 0 Å². The summed E-state index contributed by atoms with van der Waals surface area (Å²) in [4.78, 5) is 14.3. The van der Waals surface area contributed by atoms with Crippen LogP contribution in [0.15, 0.2) is 40.9 Å². The first-order chi connectivity index (χ1) is 8.59. The van der Waals surface area contributed by atoms with Gasteiger partial charge in [-0.1, -0.05) is 24.3 Å². The number of halogens is 1. The van der Waals surface area contributed by atoms with Crippen LogP contribution in [0.5, 0.6) is 0 Å². The highest BCUT2D eigenvalue weighted by atomic mass is 79.9. The van der Waals surface area contributed by atoms with Gasteiger partial charge in [-0.15, -0.1) is 0 Å². The van der Waals surface area contributed by atoms with E-state index in [4.69, 9.17) is 0 Å². The van der Waals surface area contributed by atoms with Crippen molar-refractivity contribution in [3.63, 3.8) is 0 Å². The first-order valence-corrected chi connectivity index (χ1v) is 6.54. The first kappa shape index (κ1) is 11.5. The standard InChI is InChI=1S/C15H12BrNO/c1-17(2)14-8-12-11(7-13(14)16)9-5-3-4-6-10(9)15(12)18/h3-8H,1-2H3. The van der Waals surface area contributed by atoms with Crippen LogP contribution in [-0.2, 0) is 0 Å². The van der Waals surface area contributed by atoms with E-state index >= 15 is 0 Å². The lowest BCUT2D eigenvalue weighted by Crippen LogP contribution is -2.10. The third-order valence-electron chi connectivity index (χ3n) is 3.28. The molecule has 0 bridgehead atoms. The van der Waals surface area contributed by atoms with E-state index in [2.05, 4.69) is 15.9 Å². The van der Waals surface area contributed by atoms with E-state index in [9.17, 15) is 4.79 Å². The summed E-state index contributed by atoms with van der Waals surface area (Å²) in [7, 11) is 3.94. The summed E-state index contributed by atoms with van der Waals surface area (Å²) in [5.41, 5.74) is 4.67. The van der Waals surface area contributed by atoms with Crippen LogP contribution in [0.2, 0.25) is 0 Å². The third-order valence-corrected chi connectivity index (χ3v) is 3.91.